The molecule has 4 rings (SSSR count). The van der Waals surface area contributed by atoms with E-state index >= 15 is 0 Å². The topological polar surface area (TPSA) is 73.8 Å². The Kier molecular flexibility index (Phi) is 5.25. The molecule has 31 heavy (non-hydrogen) atoms. The molecule has 0 unspecified atom stereocenters. The van der Waals surface area contributed by atoms with Gasteiger partial charge in [0.05, 0.1) is 5.69 Å². The van der Waals surface area contributed by atoms with Crippen molar-refractivity contribution in [1.29, 1.82) is 0 Å². The maximum atomic E-state index is 13.0. The Morgan fingerprint density at radius 2 is 1.84 bits per heavy atom. The van der Waals surface area contributed by atoms with Crippen LogP contribution in [0.5, 0.6) is 5.75 Å². The minimum atomic E-state index is -4.61. The number of anilines is 4. The number of aliphatic hydroxyl groups is 1. The first-order chi connectivity index (χ1) is 14.6. The van der Waals surface area contributed by atoms with Gasteiger partial charge in [-0.1, -0.05) is 0 Å². The molecule has 9 heteroatoms. The van der Waals surface area contributed by atoms with Gasteiger partial charge in [-0.15, -0.1) is 0 Å². The normalized spacial score (nSPS) is 18.1. The molecule has 166 valence electrons. The summed E-state index contributed by atoms with van der Waals surface area (Å²) >= 11 is 0. The van der Waals surface area contributed by atoms with Gasteiger partial charge in [-0.25, -0.2) is 0 Å². The number of halogens is 3. The average molecular weight is 435 g/mol. The second-order valence-electron chi connectivity index (χ2n) is 8.14. The van der Waals surface area contributed by atoms with Crippen LogP contribution in [0.3, 0.4) is 0 Å². The highest BCUT2D eigenvalue weighted by Gasteiger charge is 2.54. The second kappa shape index (κ2) is 7.64. The van der Waals surface area contributed by atoms with Gasteiger partial charge in [-0.05, 0) is 49.2 Å². The van der Waals surface area contributed by atoms with E-state index in [-0.39, 0.29) is 38.4 Å². The lowest BCUT2D eigenvalue weighted by Gasteiger charge is -2.40. The van der Waals surface area contributed by atoms with Crippen LogP contribution in [0.15, 0.2) is 30.3 Å². The average Bonchev–Trinajstić information content (AvgIpc) is 2.70. The molecule has 2 aromatic carbocycles. The maximum absolute atomic E-state index is 13.0. The van der Waals surface area contributed by atoms with Gasteiger partial charge in [-0.3, -0.25) is 4.79 Å². The largest absolute Gasteiger partial charge is 0.481 e. The summed E-state index contributed by atoms with van der Waals surface area (Å²) in [7, 11) is 0. The van der Waals surface area contributed by atoms with Gasteiger partial charge in [0.25, 0.3) is 5.91 Å². The first-order valence-electron chi connectivity index (χ1n) is 10.0. The summed E-state index contributed by atoms with van der Waals surface area (Å²) in [5.74, 6) is 0.413. The third-order valence-corrected chi connectivity index (χ3v) is 5.89. The van der Waals surface area contributed by atoms with Gasteiger partial charge in [0.15, 0.2) is 12.2 Å². The van der Waals surface area contributed by atoms with Crippen molar-refractivity contribution in [2.75, 3.05) is 35.2 Å². The number of rotatable bonds is 3. The molecule has 0 aromatic heterocycles. The number of aryl methyl sites for hydroxylation is 2. The van der Waals surface area contributed by atoms with Crippen LogP contribution >= 0.6 is 0 Å². The first-order valence-corrected chi connectivity index (χ1v) is 10.0. The van der Waals surface area contributed by atoms with Crippen LogP contribution in [0.4, 0.5) is 35.9 Å². The van der Waals surface area contributed by atoms with Crippen LogP contribution in [-0.2, 0) is 4.79 Å². The van der Waals surface area contributed by atoms with Crippen molar-refractivity contribution in [3.05, 3.63) is 41.5 Å². The number of piperidine rings is 1. The molecule has 0 bridgehead atoms. The SMILES string of the molecule is Cc1cc(N2CCC(O)(C(F)(F)F)CC2)ccc1Nc1cc(C)c2c(c1)OCC(=O)N2. The van der Waals surface area contributed by atoms with Crippen LogP contribution in [0.1, 0.15) is 24.0 Å². The van der Waals surface area contributed by atoms with E-state index < -0.39 is 11.8 Å². The van der Waals surface area contributed by atoms with Crippen molar-refractivity contribution < 1.29 is 27.8 Å². The fraction of sp³-hybridized carbons (Fsp3) is 0.409. The smallest absolute Gasteiger partial charge is 0.417 e. The summed E-state index contributed by atoms with van der Waals surface area (Å²) in [5.41, 5.74) is 2.33. The van der Waals surface area contributed by atoms with Crippen molar-refractivity contribution in [3.63, 3.8) is 0 Å². The Hall–Kier alpha value is -2.94. The van der Waals surface area contributed by atoms with Crippen molar-refractivity contribution >= 4 is 28.7 Å². The summed E-state index contributed by atoms with van der Waals surface area (Å²) < 4.78 is 44.6. The molecule has 0 aliphatic carbocycles. The lowest BCUT2D eigenvalue weighted by molar-refractivity contribution is -0.266. The molecule has 1 amide bonds. The zero-order valence-electron chi connectivity index (χ0n) is 17.3. The monoisotopic (exact) mass is 435 g/mol. The van der Waals surface area contributed by atoms with E-state index in [0.717, 1.165) is 28.2 Å². The van der Waals surface area contributed by atoms with Gasteiger partial charge in [-0.2, -0.15) is 13.2 Å². The maximum Gasteiger partial charge on any atom is 0.417 e. The number of hydrogen-bond acceptors (Lipinski definition) is 5. The Balaban J connectivity index is 1.48. The molecule has 0 radical (unpaired) electrons. The van der Waals surface area contributed by atoms with Gasteiger partial charge in [0.1, 0.15) is 5.75 Å². The van der Waals surface area contributed by atoms with Gasteiger partial charge in [0.2, 0.25) is 0 Å². The molecule has 2 aromatic rings. The predicted octanol–water partition coefficient (Wildman–Crippen LogP) is 4.27. The molecule has 1 saturated heterocycles. The number of carbonyl (C=O) groups is 1. The Morgan fingerprint density at radius 1 is 1.13 bits per heavy atom. The van der Waals surface area contributed by atoms with Gasteiger partial charge < -0.3 is 25.4 Å². The molecule has 3 N–H and O–H groups in total. The van der Waals surface area contributed by atoms with Gasteiger partial charge in [0, 0.05) is 49.1 Å². The molecule has 1 fully saturated rings. The van der Waals surface area contributed by atoms with Crippen molar-refractivity contribution in [2.45, 2.75) is 38.5 Å². The first kappa shape index (κ1) is 21.3. The van der Waals surface area contributed by atoms with E-state index in [9.17, 15) is 23.1 Å². The summed E-state index contributed by atoms with van der Waals surface area (Å²) in [6.07, 6.45) is -5.30. The molecule has 2 aliphatic rings. The predicted molar refractivity (Wildman–Crippen MR) is 112 cm³/mol. The lowest BCUT2D eigenvalue weighted by Crippen LogP contribution is -2.53. The fourth-order valence-electron chi connectivity index (χ4n) is 3.98. The summed E-state index contributed by atoms with van der Waals surface area (Å²) in [6, 6.07) is 9.38. The summed E-state index contributed by atoms with van der Waals surface area (Å²) in [5, 5.41) is 16.0. The molecule has 2 heterocycles. The highest BCUT2D eigenvalue weighted by Crippen LogP contribution is 2.40. The van der Waals surface area contributed by atoms with Gasteiger partial charge >= 0.3 is 6.18 Å². The van der Waals surface area contributed by atoms with Crippen molar-refractivity contribution in [1.82, 2.24) is 0 Å². The van der Waals surface area contributed by atoms with Crippen molar-refractivity contribution in [3.8, 4) is 5.75 Å². The van der Waals surface area contributed by atoms with Crippen LogP contribution < -0.4 is 20.3 Å². The molecule has 0 saturated carbocycles. The van der Waals surface area contributed by atoms with Crippen LogP contribution in [0, 0.1) is 13.8 Å². The molecular formula is C22H24F3N3O3. The van der Waals surface area contributed by atoms with Crippen LogP contribution in [0.25, 0.3) is 0 Å². The number of nitrogens with one attached hydrogen (secondary N) is 2. The van der Waals surface area contributed by atoms with E-state index in [1.54, 1.807) is 0 Å². The second-order valence-corrected chi connectivity index (χ2v) is 8.14. The number of amides is 1. The number of alkyl halides is 3. The zero-order chi connectivity index (χ0) is 22.4. The molecule has 2 aliphatic heterocycles. The highest BCUT2D eigenvalue weighted by molar-refractivity contribution is 5.97. The molecule has 0 spiro atoms. The molecule has 0 atom stereocenters. The minimum Gasteiger partial charge on any atom is -0.481 e. The Bertz CT molecular complexity index is 1020. The third kappa shape index (κ3) is 4.14. The number of hydrogen-bond donors (Lipinski definition) is 3. The van der Waals surface area contributed by atoms with E-state index in [0.29, 0.717) is 11.4 Å². The molecule has 6 nitrogen and oxygen atoms in total. The summed E-state index contributed by atoms with van der Waals surface area (Å²) in [4.78, 5) is 13.4. The Labute approximate surface area is 178 Å². The number of ether oxygens (including phenoxy) is 1. The van der Waals surface area contributed by atoms with Crippen LogP contribution in [0.2, 0.25) is 0 Å². The standard InChI is InChI=1S/C22H24F3N3O3/c1-13-10-16(28-7-5-21(30,6-8-28)22(23,24)25)3-4-17(13)26-15-9-14(2)20-18(11-15)31-12-19(29)27-20/h3-4,9-11,26,30H,5-8,12H2,1-2H3,(H,27,29). The number of carbonyl (C=O) groups excluding carboxylic acids is 1. The van der Waals surface area contributed by atoms with Crippen LogP contribution in [-0.4, -0.2) is 42.5 Å². The molecular weight excluding hydrogens is 411 g/mol. The number of fused-ring (bicyclic) bond motifs is 1. The summed E-state index contributed by atoms with van der Waals surface area (Å²) in [6.45, 7) is 4.05. The Morgan fingerprint density at radius 3 is 2.48 bits per heavy atom. The lowest BCUT2D eigenvalue weighted by atomic mass is 9.90. The van der Waals surface area contributed by atoms with E-state index in [4.69, 9.17) is 4.74 Å². The zero-order valence-corrected chi connectivity index (χ0v) is 17.3. The highest BCUT2D eigenvalue weighted by atomic mass is 19.4. The fourth-order valence-corrected chi connectivity index (χ4v) is 3.98. The number of nitrogens with zero attached hydrogens (tertiary/aromatic N) is 1. The van der Waals surface area contributed by atoms with E-state index in [1.165, 1.54) is 0 Å². The quantitative estimate of drug-likeness (QED) is 0.672. The third-order valence-electron chi connectivity index (χ3n) is 5.89. The van der Waals surface area contributed by atoms with E-state index in [2.05, 4.69) is 10.6 Å². The van der Waals surface area contributed by atoms with E-state index in [1.807, 2.05) is 49.1 Å². The minimum absolute atomic E-state index is 0.0249. The van der Waals surface area contributed by atoms with Crippen molar-refractivity contribution in [2.24, 2.45) is 0 Å². The number of benzene rings is 2.